The van der Waals surface area contributed by atoms with Gasteiger partial charge in [-0.1, -0.05) is 25.4 Å². The van der Waals surface area contributed by atoms with Gasteiger partial charge in [-0.05, 0) is 31.3 Å². The lowest BCUT2D eigenvalue weighted by Gasteiger charge is -2.17. The molecule has 1 aromatic carbocycles. The van der Waals surface area contributed by atoms with Crippen molar-refractivity contribution in [1.29, 1.82) is 0 Å². The first-order valence-electron chi connectivity index (χ1n) is 5.64. The molecule has 0 spiro atoms. The van der Waals surface area contributed by atoms with Crippen LogP contribution in [0.3, 0.4) is 0 Å². The fraction of sp³-hybridized carbons (Fsp3) is 0.417. The molecule has 0 aliphatic heterocycles. The van der Waals surface area contributed by atoms with Crippen molar-refractivity contribution in [2.24, 2.45) is 0 Å². The minimum Gasteiger partial charge on any atom is -0.397 e. The first kappa shape index (κ1) is 13.8. The van der Waals surface area contributed by atoms with E-state index in [4.69, 9.17) is 17.3 Å². The van der Waals surface area contributed by atoms with Crippen LogP contribution in [0.2, 0.25) is 5.02 Å². The molecule has 0 bridgehead atoms. The lowest BCUT2D eigenvalue weighted by atomic mass is 10.3. The normalized spacial score (nSPS) is 10.6. The van der Waals surface area contributed by atoms with Gasteiger partial charge in [0.05, 0.1) is 17.3 Å². The van der Waals surface area contributed by atoms with Crippen LogP contribution >= 0.6 is 11.6 Å². The molecule has 0 atom stereocenters. The molecule has 0 aliphatic carbocycles. The van der Waals surface area contributed by atoms with E-state index in [2.05, 4.69) is 5.32 Å². The summed E-state index contributed by atoms with van der Waals surface area (Å²) in [4.78, 5) is 13.7. The van der Waals surface area contributed by atoms with Crippen LogP contribution in [0.15, 0.2) is 18.2 Å². The van der Waals surface area contributed by atoms with Crippen LogP contribution in [0, 0.1) is 0 Å². The fourth-order valence-electron chi connectivity index (χ4n) is 1.47. The summed E-state index contributed by atoms with van der Waals surface area (Å²) in [7, 11) is 0. The maximum Gasteiger partial charge on any atom is 0.238 e. The van der Waals surface area contributed by atoms with Gasteiger partial charge in [0.25, 0.3) is 0 Å². The third-order valence-corrected chi connectivity index (χ3v) is 2.89. The third-order valence-electron chi connectivity index (χ3n) is 2.54. The van der Waals surface area contributed by atoms with Gasteiger partial charge in [-0.2, -0.15) is 0 Å². The van der Waals surface area contributed by atoms with Gasteiger partial charge in [0.1, 0.15) is 0 Å². The van der Waals surface area contributed by atoms with E-state index in [1.54, 1.807) is 18.2 Å². The molecule has 1 aromatic rings. The lowest BCUT2D eigenvalue weighted by molar-refractivity contribution is -0.117. The summed E-state index contributed by atoms with van der Waals surface area (Å²) in [5, 5.41) is 3.28. The molecular weight excluding hydrogens is 238 g/mol. The number of nitrogens with two attached hydrogens (primary N) is 1. The molecule has 0 fully saturated rings. The maximum atomic E-state index is 11.7. The highest BCUT2D eigenvalue weighted by Crippen LogP contribution is 2.22. The van der Waals surface area contributed by atoms with Gasteiger partial charge >= 0.3 is 0 Å². The molecule has 4 nitrogen and oxygen atoms in total. The SMILES string of the molecule is CCN(CC)CC(=O)Nc1ccc(Cl)c(N)c1. The Morgan fingerprint density at radius 1 is 1.41 bits per heavy atom. The second-order valence-corrected chi connectivity index (χ2v) is 4.15. The Labute approximate surface area is 107 Å². The third kappa shape index (κ3) is 4.24. The van der Waals surface area contributed by atoms with Crippen LogP contribution in [0.1, 0.15) is 13.8 Å². The number of hydrogen-bond acceptors (Lipinski definition) is 3. The number of nitrogens with one attached hydrogen (secondary N) is 1. The van der Waals surface area contributed by atoms with Crippen molar-refractivity contribution in [1.82, 2.24) is 4.90 Å². The van der Waals surface area contributed by atoms with E-state index in [9.17, 15) is 4.79 Å². The van der Waals surface area contributed by atoms with Gasteiger partial charge in [0, 0.05) is 5.69 Å². The summed E-state index contributed by atoms with van der Waals surface area (Å²) < 4.78 is 0. The quantitative estimate of drug-likeness (QED) is 0.793. The minimum atomic E-state index is -0.0459. The van der Waals surface area contributed by atoms with E-state index in [1.807, 2.05) is 18.7 Å². The average Bonchev–Trinajstić information content (AvgIpc) is 2.31. The smallest absolute Gasteiger partial charge is 0.238 e. The Hall–Kier alpha value is -1.26. The van der Waals surface area contributed by atoms with Crippen molar-refractivity contribution < 1.29 is 4.79 Å². The fourth-order valence-corrected chi connectivity index (χ4v) is 1.59. The number of rotatable bonds is 5. The first-order chi connectivity index (χ1) is 8.06. The standard InChI is InChI=1S/C12H18ClN3O/c1-3-16(4-2)8-12(17)15-9-5-6-10(13)11(14)7-9/h5-7H,3-4,8,14H2,1-2H3,(H,15,17). The largest absolute Gasteiger partial charge is 0.397 e. The van der Waals surface area contributed by atoms with Crippen molar-refractivity contribution in [2.75, 3.05) is 30.7 Å². The molecule has 0 unspecified atom stereocenters. The second-order valence-electron chi connectivity index (χ2n) is 3.75. The number of likely N-dealkylation sites (N-methyl/N-ethyl adjacent to an activating group) is 1. The minimum absolute atomic E-state index is 0.0459. The number of anilines is 2. The number of halogens is 1. The molecule has 5 heteroatoms. The number of hydrogen-bond donors (Lipinski definition) is 2. The summed E-state index contributed by atoms with van der Waals surface area (Å²) in [6, 6.07) is 5.06. The molecule has 94 valence electrons. The molecule has 1 rings (SSSR count). The molecular formula is C12H18ClN3O. The molecule has 3 N–H and O–H groups in total. The van der Waals surface area contributed by atoms with E-state index in [-0.39, 0.29) is 5.91 Å². The second kappa shape index (κ2) is 6.47. The highest BCUT2D eigenvalue weighted by molar-refractivity contribution is 6.33. The van der Waals surface area contributed by atoms with E-state index in [1.165, 1.54) is 0 Å². The molecule has 0 aromatic heterocycles. The number of nitrogen functional groups attached to an aromatic ring is 1. The Kier molecular flexibility index (Phi) is 5.25. The van der Waals surface area contributed by atoms with Crippen LogP contribution in [0.25, 0.3) is 0 Å². The number of nitrogens with zero attached hydrogens (tertiary/aromatic N) is 1. The number of amides is 1. The number of benzene rings is 1. The summed E-state index contributed by atoms with van der Waals surface area (Å²) >= 11 is 5.80. The van der Waals surface area contributed by atoms with Crippen molar-refractivity contribution in [3.8, 4) is 0 Å². The van der Waals surface area contributed by atoms with E-state index >= 15 is 0 Å². The molecule has 17 heavy (non-hydrogen) atoms. The zero-order valence-corrected chi connectivity index (χ0v) is 10.9. The predicted octanol–water partition coefficient (Wildman–Crippen LogP) is 2.20. The van der Waals surface area contributed by atoms with Gasteiger partial charge in [-0.25, -0.2) is 0 Å². The number of carbonyl (C=O) groups is 1. The van der Waals surface area contributed by atoms with E-state index in [0.717, 1.165) is 13.1 Å². The highest BCUT2D eigenvalue weighted by atomic mass is 35.5. The van der Waals surface area contributed by atoms with Crippen molar-refractivity contribution in [3.63, 3.8) is 0 Å². The summed E-state index contributed by atoms with van der Waals surface area (Å²) in [5.41, 5.74) is 6.79. The number of carbonyl (C=O) groups excluding carboxylic acids is 1. The Morgan fingerprint density at radius 3 is 2.59 bits per heavy atom. The Morgan fingerprint density at radius 2 is 2.06 bits per heavy atom. The lowest BCUT2D eigenvalue weighted by Crippen LogP contribution is -2.32. The maximum absolute atomic E-state index is 11.7. The Bertz CT molecular complexity index is 391. The summed E-state index contributed by atoms with van der Waals surface area (Å²) in [5.74, 6) is -0.0459. The zero-order valence-electron chi connectivity index (χ0n) is 10.2. The predicted molar refractivity (Wildman–Crippen MR) is 72.3 cm³/mol. The van der Waals surface area contributed by atoms with Crippen molar-refractivity contribution >= 4 is 28.9 Å². The monoisotopic (exact) mass is 255 g/mol. The van der Waals surface area contributed by atoms with Gasteiger partial charge in [0.2, 0.25) is 5.91 Å². The average molecular weight is 256 g/mol. The van der Waals surface area contributed by atoms with Gasteiger partial charge in [0.15, 0.2) is 0 Å². The molecule has 0 radical (unpaired) electrons. The molecule has 0 aliphatic rings. The van der Waals surface area contributed by atoms with E-state index in [0.29, 0.717) is 22.9 Å². The molecule has 0 heterocycles. The van der Waals surface area contributed by atoms with Crippen LogP contribution in [-0.4, -0.2) is 30.4 Å². The van der Waals surface area contributed by atoms with Crippen LogP contribution < -0.4 is 11.1 Å². The van der Waals surface area contributed by atoms with E-state index < -0.39 is 0 Å². The summed E-state index contributed by atoms with van der Waals surface area (Å²) in [6.07, 6.45) is 0. The highest BCUT2D eigenvalue weighted by Gasteiger charge is 2.08. The molecule has 0 saturated carbocycles. The topological polar surface area (TPSA) is 58.4 Å². The van der Waals surface area contributed by atoms with Gasteiger partial charge in [-0.3, -0.25) is 9.69 Å². The van der Waals surface area contributed by atoms with Crippen molar-refractivity contribution in [2.45, 2.75) is 13.8 Å². The Balaban J connectivity index is 2.58. The van der Waals surface area contributed by atoms with Crippen molar-refractivity contribution in [3.05, 3.63) is 23.2 Å². The van der Waals surface area contributed by atoms with Crippen LogP contribution in [-0.2, 0) is 4.79 Å². The zero-order chi connectivity index (χ0) is 12.8. The van der Waals surface area contributed by atoms with Crippen LogP contribution in [0.5, 0.6) is 0 Å². The molecule has 0 saturated heterocycles. The summed E-state index contributed by atoms with van der Waals surface area (Å²) in [6.45, 7) is 6.14. The van der Waals surface area contributed by atoms with Crippen LogP contribution in [0.4, 0.5) is 11.4 Å². The van der Waals surface area contributed by atoms with Gasteiger partial charge < -0.3 is 11.1 Å². The first-order valence-corrected chi connectivity index (χ1v) is 6.01. The molecule has 1 amide bonds. The van der Waals surface area contributed by atoms with Gasteiger partial charge in [-0.15, -0.1) is 0 Å².